The maximum atomic E-state index is 12.1. The highest BCUT2D eigenvalue weighted by atomic mass is 32.1. The Bertz CT molecular complexity index is 906. The third-order valence-electron chi connectivity index (χ3n) is 3.29. The number of carbonyl (C=O) groups excluding carboxylic acids is 1. The molecular weight excluding hydrogens is 334 g/mol. The quantitative estimate of drug-likeness (QED) is 0.766. The molecular formula is C14H11N5O4S. The molecule has 0 saturated heterocycles. The maximum Gasteiger partial charge on any atom is 0.322 e. The topological polar surface area (TPSA) is 112 Å². The largest absolute Gasteiger partial charge is 0.486 e. The SMILES string of the molecule is Cc1nnsc1C(=O)Nc1nnc(-c2ccc3c(c2)OCCO3)o1. The van der Waals surface area contributed by atoms with Gasteiger partial charge < -0.3 is 13.9 Å². The number of nitrogens with one attached hydrogen (secondary N) is 1. The first-order chi connectivity index (χ1) is 11.7. The van der Waals surface area contributed by atoms with Gasteiger partial charge in [0.1, 0.15) is 18.1 Å². The number of benzene rings is 1. The molecule has 2 aromatic heterocycles. The van der Waals surface area contributed by atoms with Crippen LogP contribution in [0.5, 0.6) is 11.5 Å². The number of hydrogen-bond donors (Lipinski definition) is 1. The first kappa shape index (κ1) is 14.6. The zero-order valence-electron chi connectivity index (χ0n) is 12.5. The average Bonchev–Trinajstić information content (AvgIpc) is 3.23. The zero-order valence-corrected chi connectivity index (χ0v) is 13.3. The highest BCUT2D eigenvalue weighted by molar-refractivity contribution is 7.08. The molecule has 3 aromatic rings. The second-order valence-electron chi connectivity index (χ2n) is 4.91. The summed E-state index contributed by atoms with van der Waals surface area (Å²) in [5, 5.41) is 14.1. The van der Waals surface area contributed by atoms with Gasteiger partial charge in [-0.25, -0.2) is 0 Å². The van der Waals surface area contributed by atoms with Crippen molar-refractivity contribution in [2.75, 3.05) is 18.5 Å². The number of aryl methyl sites for hydroxylation is 1. The minimum absolute atomic E-state index is 0.00214. The summed E-state index contributed by atoms with van der Waals surface area (Å²) < 4.78 is 20.2. The van der Waals surface area contributed by atoms with Crippen LogP contribution >= 0.6 is 11.5 Å². The molecule has 9 nitrogen and oxygen atoms in total. The molecule has 0 spiro atoms. The van der Waals surface area contributed by atoms with Crippen molar-refractivity contribution in [3.05, 3.63) is 28.8 Å². The molecule has 1 aromatic carbocycles. The molecule has 3 heterocycles. The van der Waals surface area contributed by atoms with Gasteiger partial charge in [0.2, 0.25) is 5.89 Å². The number of ether oxygens (including phenoxy) is 2. The average molecular weight is 345 g/mol. The number of rotatable bonds is 3. The van der Waals surface area contributed by atoms with Crippen LogP contribution < -0.4 is 14.8 Å². The van der Waals surface area contributed by atoms with Gasteiger partial charge in [-0.2, -0.15) is 0 Å². The van der Waals surface area contributed by atoms with E-state index in [-0.39, 0.29) is 17.8 Å². The van der Waals surface area contributed by atoms with Gasteiger partial charge in [-0.1, -0.05) is 9.59 Å². The Morgan fingerprint density at radius 1 is 1.17 bits per heavy atom. The maximum absolute atomic E-state index is 12.1. The summed E-state index contributed by atoms with van der Waals surface area (Å²) in [6, 6.07) is 5.31. The fourth-order valence-corrected chi connectivity index (χ4v) is 2.71. The van der Waals surface area contributed by atoms with Gasteiger partial charge in [-0.3, -0.25) is 10.1 Å². The van der Waals surface area contributed by atoms with Crippen molar-refractivity contribution < 1.29 is 18.7 Å². The third kappa shape index (κ3) is 2.67. The minimum Gasteiger partial charge on any atom is -0.486 e. The van der Waals surface area contributed by atoms with Gasteiger partial charge in [0.25, 0.3) is 5.91 Å². The van der Waals surface area contributed by atoms with E-state index >= 15 is 0 Å². The van der Waals surface area contributed by atoms with Gasteiger partial charge >= 0.3 is 6.01 Å². The lowest BCUT2D eigenvalue weighted by atomic mass is 10.2. The molecule has 1 aliphatic rings. The minimum atomic E-state index is -0.389. The highest BCUT2D eigenvalue weighted by Gasteiger charge is 2.18. The molecule has 0 radical (unpaired) electrons. The Labute approximate surface area is 139 Å². The molecule has 0 bridgehead atoms. The van der Waals surface area contributed by atoms with E-state index in [1.807, 2.05) is 0 Å². The Kier molecular flexibility index (Phi) is 3.58. The summed E-state index contributed by atoms with van der Waals surface area (Å²) in [5.41, 5.74) is 1.21. The lowest BCUT2D eigenvalue weighted by molar-refractivity contribution is 0.102. The Hall–Kier alpha value is -3.01. The van der Waals surface area contributed by atoms with Crippen molar-refractivity contribution in [3.63, 3.8) is 0 Å². The van der Waals surface area contributed by atoms with E-state index in [9.17, 15) is 4.79 Å². The van der Waals surface area contributed by atoms with Crippen LogP contribution in [0.15, 0.2) is 22.6 Å². The van der Waals surface area contributed by atoms with Gasteiger partial charge in [-0.15, -0.1) is 10.2 Å². The number of hydrogen-bond acceptors (Lipinski definition) is 9. The summed E-state index contributed by atoms with van der Waals surface area (Å²) >= 11 is 1.00. The van der Waals surface area contributed by atoms with Crippen LogP contribution in [0.3, 0.4) is 0 Å². The molecule has 4 rings (SSSR count). The first-order valence-electron chi connectivity index (χ1n) is 7.04. The summed E-state index contributed by atoms with van der Waals surface area (Å²) in [6.45, 7) is 2.71. The standard InChI is InChI=1S/C14H11N5O4S/c1-7-11(24-19-16-7)12(20)15-14-18-17-13(23-14)8-2-3-9-10(6-8)22-5-4-21-9/h2-3,6H,4-5H2,1H3,(H,15,18,20). The number of anilines is 1. The zero-order chi connectivity index (χ0) is 16.5. The molecule has 0 fully saturated rings. The monoisotopic (exact) mass is 345 g/mol. The van der Waals surface area contributed by atoms with E-state index in [0.717, 1.165) is 11.5 Å². The fourth-order valence-electron chi connectivity index (χ4n) is 2.16. The van der Waals surface area contributed by atoms with E-state index in [2.05, 4.69) is 25.1 Å². The lowest BCUT2D eigenvalue weighted by Crippen LogP contribution is -2.15. The van der Waals surface area contributed by atoms with Crippen molar-refractivity contribution >= 4 is 23.5 Å². The van der Waals surface area contributed by atoms with E-state index in [1.54, 1.807) is 25.1 Å². The number of aromatic nitrogens is 4. The molecule has 10 heteroatoms. The number of nitrogens with zero attached hydrogens (tertiary/aromatic N) is 4. The van der Waals surface area contributed by atoms with Crippen LogP contribution in [0.4, 0.5) is 6.01 Å². The van der Waals surface area contributed by atoms with Crippen LogP contribution in [0.25, 0.3) is 11.5 Å². The number of fused-ring (bicyclic) bond motifs is 1. The number of carbonyl (C=O) groups is 1. The fraction of sp³-hybridized carbons (Fsp3) is 0.214. The molecule has 0 unspecified atom stereocenters. The molecule has 0 aliphatic carbocycles. The smallest absolute Gasteiger partial charge is 0.322 e. The summed E-state index contributed by atoms with van der Waals surface area (Å²) in [4.78, 5) is 12.5. The van der Waals surface area contributed by atoms with Crippen molar-refractivity contribution in [2.24, 2.45) is 0 Å². The normalized spacial score (nSPS) is 12.9. The second-order valence-corrected chi connectivity index (χ2v) is 5.67. The van der Waals surface area contributed by atoms with E-state index in [0.29, 0.717) is 40.8 Å². The first-order valence-corrected chi connectivity index (χ1v) is 7.82. The highest BCUT2D eigenvalue weighted by Crippen LogP contribution is 2.34. The van der Waals surface area contributed by atoms with E-state index < -0.39 is 0 Å². The predicted molar refractivity (Wildman–Crippen MR) is 83.3 cm³/mol. The molecule has 0 atom stereocenters. The molecule has 122 valence electrons. The van der Waals surface area contributed by atoms with E-state index in [4.69, 9.17) is 13.9 Å². The summed E-state index contributed by atoms with van der Waals surface area (Å²) in [5.74, 6) is 1.17. The molecule has 24 heavy (non-hydrogen) atoms. The van der Waals surface area contributed by atoms with Gasteiger partial charge in [0, 0.05) is 5.56 Å². The molecule has 1 aliphatic heterocycles. The van der Waals surface area contributed by atoms with Gasteiger partial charge in [0.15, 0.2) is 11.5 Å². The van der Waals surface area contributed by atoms with Crippen LogP contribution in [0.2, 0.25) is 0 Å². The van der Waals surface area contributed by atoms with Crippen molar-refractivity contribution in [1.29, 1.82) is 0 Å². The molecule has 1 amide bonds. The Morgan fingerprint density at radius 3 is 2.79 bits per heavy atom. The predicted octanol–water partition coefficient (Wildman–Crippen LogP) is 1.92. The molecule has 0 saturated carbocycles. The summed E-state index contributed by atoms with van der Waals surface area (Å²) in [7, 11) is 0. The number of amides is 1. The van der Waals surface area contributed by atoms with Crippen LogP contribution in [0.1, 0.15) is 15.4 Å². The molecule has 1 N–H and O–H groups in total. The Morgan fingerprint density at radius 2 is 2.00 bits per heavy atom. The van der Waals surface area contributed by atoms with Crippen molar-refractivity contribution in [3.8, 4) is 23.0 Å². The van der Waals surface area contributed by atoms with Crippen molar-refractivity contribution in [2.45, 2.75) is 6.92 Å². The second kappa shape index (κ2) is 5.89. The van der Waals surface area contributed by atoms with Crippen LogP contribution in [0, 0.1) is 6.92 Å². The van der Waals surface area contributed by atoms with E-state index in [1.165, 1.54) is 0 Å². The van der Waals surface area contributed by atoms with Crippen LogP contribution in [-0.4, -0.2) is 38.9 Å². The van der Waals surface area contributed by atoms with Gasteiger partial charge in [0.05, 0.1) is 5.69 Å². The third-order valence-corrected chi connectivity index (χ3v) is 4.12. The Balaban J connectivity index is 1.54. The van der Waals surface area contributed by atoms with Crippen molar-refractivity contribution in [1.82, 2.24) is 19.8 Å². The van der Waals surface area contributed by atoms with Gasteiger partial charge in [-0.05, 0) is 36.7 Å². The van der Waals surface area contributed by atoms with Crippen LogP contribution in [-0.2, 0) is 0 Å². The lowest BCUT2D eigenvalue weighted by Gasteiger charge is -2.18. The summed E-state index contributed by atoms with van der Waals surface area (Å²) in [6.07, 6.45) is 0.